The topological polar surface area (TPSA) is 92.4 Å². The van der Waals surface area contributed by atoms with Crippen LogP contribution >= 0.6 is 0 Å². The molecule has 4 N–H and O–H groups in total. The lowest BCUT2D eigenvalue weighted by molar-refractivity contribution is -0.138. The van der Waals surface area contributed by atoms with E-state index in [-0.39, 0.29) is 18.4 Å². The molecule has 2 atom stereocenters. The fourth-order valence-corrected chi connectivity index (χ4v) is 1.72. The Labute approximate surface area is 112 Å². The lowest BCUT2D eigenvalue weighted by Crippen LogP contribution is -2.33. The predicted molar refractivity (Wildman–Crippen MR) is 72.7 cm³/mol. The van der Waals surface area contributed by atoms with E-state index in [0.29, 0.717) is 18.5 Å². The molecule has 0 radical (unpaired) electrons. The van der Waals surface area contributed by atoms with Crippen LogP contribution in [0.3, 0.4) is 0 Å². The molecule has 104 valence electrons. The van der Waals surface area contributed by atoms with E-state index in [2.05, 4.69) is 5.32 Å². The van der Waals surface area contributed by atoms with Crippen molar-refractivity contribution >= 4 is 11.9 Å². The summed E-state index contributed by atoms with van der Waals surface area (Å²) in [5, 5.41) is 11.8. The van der Waals surface area contributed by atoms with Gasteiger partial charge >= 0.3 is 5.97 Å². The summed E-state index contributed by atoms with van der Waals surface area (Å²) in [7, 11) is 0. The third kappa shape index (κ3) is 5.09. The number of nitrogens with one attached hydrogen (secondary N) is 1. The van der Waals surface area contributed by atoms with Crippen LogP contribution in [-0.2, 0) is 9.59 Å². The van der Waals surface area contributed by atoms with Gasteiger partial charge in [-0.15, -0.1) is 0 Å². The summed E-state index contributed by atoms with van der Waals surface area (Å²) in [5.74, 6) is -1.74. The Hall–Kier alpha value is -1.88. The number of carboxylic acid groups (broad SMARTS) is 1. The minimum absolute atomic E-state index is 0.0927. The second-order valence-corrected chi connectivity index (χ2v) is 4.65. The molecule has 1 amide bonds. The molecule has 0 saturated carbocycles. The van der Waals surface area contributed by atoms with E-state index in [4.69, 9.17) is 5.73 Å². The first kappa shape index (κ1) is 15.2. The molecule has 0 aliphatic heterocycles. The van der Waals surface area contributed by atoms with Crippen LogP contribution in [0.4, 0.5) is 0 Å². The van der Waals surface area contributed by atoms with Crippen LogP contribution in [0.15, 0.2) is 30.3 Å². The van der Waals surface area contributed by atoms with Crippen LogP contribution < -0.4 is 11.1 Å². The van der Waals surface area contributed by atoms with Gasteiger partial charge in [0.25, 0.3) is 0 Å². The molecule has 5 heteroatoms. The van der Waals surface area contributed by atoms with Gasteiger partial charge in [-0.3, -0.25) is 9.59 Å². The Bertz CT molecular complexity index is 420. The summed E-state index contributed by atoms with van der Waals surface area (Å²) in [5.41, 5.74) is 6.12. The molecule has 5 nitrogen and oxygen atoms in total. The zero-order valence-corrected chi connectivity index (χ0v) is 11.0. The normalized spacial score (nSPS) is 13.6. The number of rotatable bonds is 7. The first-order valence-corrected chi connectivity index (χ1v) is 6.29. The average Bonchev–Trinajstić information content (AvgIpc) is 2.39. The van der Waals surface area contributed by atoms with Crippen LogP contribution in [0.25, 0.3) is 0 Å². The molecule has 0 aliphatic carbocycles. The Kier molecular flexibility index (Phi) is 6.02. The van der Waals surface area contributed by atoms with Crippen molar-refractivity contribution in [3.8, 4) is 0 Å². The molecule has 0 heterocycles. The van der Waals surface area contributed by atoms with Crippen LogP contribution in [0, 0.1) is 5.92 Å². The Morgan fingerprint density at radius 1 is 1.32 bits per heavy atom. The number of nitrogens with two attached hydrogens (primary N) is 1. The number of carbonyl (C=O) groups excluding carboxylic acids is 1. The molecule has 0 aliphatic rings. The lowest BCUT2D eigenvalue weighted by atomic mass is 9.99. The second-order valence-electron chi connectivity index (χ2n) is 4.65. The van der Waals surface area contributed by atoms with E-state index in [1.807, 2.05) is 13.0 Å². The van der Waals surface area contributed by atoms with Crippen LogP contribution in [0.1, 0.15) is 24.8 Å². The van der Waals surface area contributed by atoms with E-state index < -0.39 is 11.9 Å². The van der Waals surface area contributed by atoms with Crippen molar-refractivity contribution in [1.29, 1.82) is 0 Å². The van der Waals surface area contributed by atoms with Crippen molar-refractivity contribution in [2.75, 3.05) is 13.1 Å². The van der Waals surface area contributed by atoms with E-state index >= 15 is 0 Å². The summed E-state index contributed by atoms with van der Waals surface area (Å²) >= 11 is 0. The number of hydrogen-bond donors (Lipinski definition) is 3. The Morgan fingerprint density at radius 2 is 1.95 bits per heavy atom. The molecule has 1 aromatic carbocycles. The second kappa shape index (κ2) is 7.53. The number of amides is 1. The maximum atomic E-state index is 11.6. The largest absolute Gasteiger partial charge is 0.481 e. The van der Waals surface area contributed by atoms with E-state index in [0.717, 1.165) is 0 Å². The number of carbonyl (C=O) groups is 2. The van der Waals surface area contributed by atoms with E-state index in [1.54, 1.807) is 24.3 Å². The minimum atomic E-state index is -0.946. The van der Waals surface area contributed by atoms with Gasteiger partial charge < -0.3 is 16.2 Å². The summed E-state index contributed by atoms with van der Waals surface area (Å²) in [4.78, 5) is 22.8. The van der Waals surface area contributed by atoms with E-state index in [9.17, 15) is 14.7 Å². The van der Waals surface area contributed by atoms with Gasteiger partial charge in [-0.1, -0.05) is 37.3 Å². The van der Waals surface area contributed by atoms with Crippen molar-refractivity contribution in [2.24, 2.45) is 11.7 Å². The number of hydrogen-bond acceptors (Lipinski definition) is 3. The lowest BCUT2D eigenvalue weighted by Gasteiger charge is -2.15. The third-order valence-corrected chi connectivity index (χ3v) is 2.94. The van der Waals surface area contributed by atoms with Crippen molar-refractivity contribution in [3.63, 3.8) is 0 Å². The molecule has 2 unspecified atom stereocenters. The number of benzene rings is 1. The van der Waals surface area contributed by atoms with Gasteiger partial charge in [0.05, 0.1) is 5.92 Å². The molecule has 19 heavy (non-hydrogen) atoms. The number of aliphatic carboxylic acids is 1. The molecule has 1 rings (SSSR count). The standard InChI is InChI=1S/C14H20N2O3/c1-10(8-15)7-13(17)16-9-12(14(18)19)11-5-3-2-4-6-11/h2-6,10,12H,7-9,15H2,1H3,(H,16,17)(H,18,19). The fraction of sp³-hybridized carbons (Fsp3) is 0.429. The average molecular weight is 264 g/mol. The minimum Gasteiger partial charge on any atom is -0.481 e. The van der Waals surface area contributed by atoms with Crippen molar-refractivity contribution in [3.05, 3.63) is 35.9 Å². The zero-order valence-electron chi connectivity index (χ0n) is 11.0. The first-order valence-electron chi connectivity index (χ1n) is 6.29. The summed E-state index contributed by atoms with van der Waals surface area (Å²) in [6, 6.07) is 8.87. The van der Waals surface area contributed by atoms with Gasteiger partial charge in [0, 0.05) is 13.0 Å². The number of carboxylic acids is 1. The molecule has 0 fully saturated rings. The molecule has 1 aromatic rings. The Balaban J connectivity index is 2.57. The highest BCUT2D eigenvalue weighted by Crippen LogP contribution is 2.14. The maximum Gasteiger partial charge on any atom is 0.312 e. The Morgan fingerprint density at radius 3 is 2.47 bits per heavy atom. The summed E-state index contributed by atoms with van der Waals surface area (Å²) in [6.07, 6.45) is 0.317. The zero-order chi connectivity index (χ0) is 14.3. The fourth-order valence-electron chi connectivity index (χ4n) is 1.72. The van der Waals surface area contributed by atoms with Crippen LogP contribution in [-0.4, -0.2) is 30.1 Å². The van der Waals surface area contributed by atoms with Gasteiger partial charge in [-0.2, -0.15) is 0 Å². The monoisotopic (exact) mass is 264 g/mol. The highest BCUT2D eigenvalue weighted by atomic mass is 16.4. The third-order valence-electron chi connectivity index (χ3n) is 2.94. The molecular weight excluding hydrogens is 244 g/mol. The molecular formula is C14H20N2O3. The van der Waals surface area contributed by atoms with E-state index in [1.165, 1.54) is 0 Å². The summed E-state index contributed by atoms with van der Waals surface area (Å²) < 4.78 is 0. The molecule has 0 saturated heterocycles. The van der Waals surface area contributed by atoms with Crippen molar-refractivity contribution in [2.45, 2.75) is 19.3 Å². The van der Waals surface area contributed by atoms with Gasteiger partial charge in [0.15, 0.2) is 0 Å². The SMILES string of the molecule is CC(CN)CC(=O)NCC(C(=O)O)c1ccccc1. The van der Waals surface area contributed by atoms with Gasteiger partial charge in [-0.25, -0.2) is 0 Å². The highest BCUT2D eigenvalue weighted by Gasteiger charge is 2.20. The van der Waals surface area contributed by atoms with Gasteiger partial charge in [0.2, 0.25) is 5.91 Å². The maximum absolute atomic E-state index is 11.6. The molecule has 0 bridgehead atoms. The van der Waals surface area contributed by atoms with Crippen molar-refractivity contribution in [1.82, 2.24) is 5.32 Å². The van der Waals surface area contributed by atoms with Crippen LogP contribution in [0.2, 0.25) is 0 Å². The van der Waals surface area contributed by atoms with Crippen molar-refractivity contribution < 1.29 is 14.7 Å². The quantitative estimate of drug-likeness (QED) is 0.683. The summed E-state index contributed by atoms with van der Waals surface area (Å²) in [6.45, 7) is 2.41. The van der Waals surface area contributed by atoms with Gasteiger partial charge in [-0.05, 0) is 18.0 Å². The molecule has 0 spiro atoms. The predicted octanol–water partition coefficient (Wildman–Crippen LogP) is 0.956. The van der Waals surface area contributed by atoms with Crippen LogP contribution in [0.5, 0.6) is 0 Å². The highest BCUT2D eigenvalue weighted by molar-refractivity contribution is 5.79. The van der Waals surface area contributed by atoms with Gasteiger partial charge in [0.1, 0.15) is 0 Å². The first-order chi connectivity index (χ1) is 9.04. The smallest absolute Gasteiger partial charge is 0.312 e. The molecule has 0 aromatic heterocycles.